The van der Waals surface area contributed by atoms with Gasteiger partial charge in [-0.25, -0.2) is 0 Å². The number of halogens is 1. The molecule has 2 N–H and O–H groups in total. The standard InChI is InChI=1S/C23H25ClN6O5S/c1-4-29-22(14(2)25-20(31)11-15-5-8-17(35-3)9-6-15)27-28-23(29)36-13-21(32)26-19-12-16(30(33)34)7-10-18(19)24/h5-10,12,14H,4,11,13H2,1-3H3,(H,25,31)(H,26,32)/t14-/m0/s1. The molecule has 190 valence electrons. The zero-order chi connectivity index (χ0) is 26.2. The van der Waals surface area contributed by atoms with Crippen LogP contribution < -0.4 is 15.4 Å². The number of hydrogen-bond donors (Lipinski definition) is 2. The van der Waals surface area contributed by atoms with Crippen molar-refractivity contribution in [3.63, 3.8) is 0 Å². The van der Waals surface area contributed by atoms with Crippen molar-refractivity contribution in [2.24, 2.45) is 0 Å². The summed E-state index contributed by atoms with van der Waals surface area (Å²) >= 11 is 7.20. The number of methoxy groups -OCH3 is 1. The predicted molar refractivity (Wildman–Crippen MR) is 136 cm³/mol. The van der Waals surface area contributed by atoms with Gasteiger partial charge < -0.3 is 19.9 Å². The summed E-state index contributed by atoms with van der Waals surface area (Å²) in [5.41, 5.74) is 0.826. The monoisotopic (exact) mass is 532 g/mol. The van der Waals surface area contributed by atoms with E-state index in [1.807, 2.05) is 30.5 Å². The third-order valence-corrected chi connectivity index (χ3v) is 6.41. The van der Waals surface area contributed by atoms with Crippen molar-refractivity contribution >= 4 is 46.6 Å². The number of anilines is 1. The summed E-state index contributed by atoms with van der Waals surface area (Å²) in [5.74, 6) is 0.687. The highest BCUT2D eigenvalue weighted by Gasteiger charge is 2.20. The fraction of sp³-hybridized carbons (Fsp3) is 0.304. The highest BCUT2D eigenvalue weighted by molar-refractivity contribution is 7.99. The summed E-state index contributed by atoms with van der Waals surface area (Å²) < 4.78 is 6.95. The molecule has 0 spiro atoms. The molecule has 0 bridgehead atoms. The van der Waals surface area contributed by atoms with Gasteiger partial charge in [0, 0.05) is 18.7 Å². The molecule has 0 saturated carbocycles. The van der Waals surface area contributed by atoms with E-state index in [4.69, 9.17) is 16.3 Å². The van der Waals surface area contributed by atoms with Gasteiger partial charge in [0.1, 0.15) is 5.75 Å². The number of carbonyl (C=O) groups excluding carboxylic acids is 2. The van der Waals surface area contributed by atoms with Crippen LogP contribution in [0.4, 0.5) is 11.4 Å². The van der Waals surface area contributed by atoms with Crippen LogP contribution >= 0.6 is 23.4 Å². The van der Waals surface area contributed by atoms with Crippen LogP contribution in [-0.4, -0.2) is 44.4 Å². The number of benzene rings is 2. The number of nitro groups is 1. The highest BCUT2D eigenvalue weighted by atomic mass is 35.5. The molecular weight excluding hydrogens is 508 g/mol. The Kier molecular flexibility index (Phi) is 9.25. The van der Waals surface area contributed by atoms with E-state index in [-0.39, 0.29) is 34.5 Å². The van der Waals surface area contributed by atoms with Gasteiger partial charge in [0.05, 0.1) is 41.0 Å². The molecule has 1 heterocycles. The maximum atomic E-state index is 12.5. The van der Waals surface area contributed by atoms with E-state index >= 15 is 0 Å². The number of carbonyl (C=O) groups is 2. The van der Waals surface area contributed by atoms with Crippen molar-refractivity contribution in [2.45, 2.75) is 38.0 Å². The van der Waals surface area contributed by atoms with Crippen LogP contribution in [0.1, 0.15) is 31.3 Å². The van der Waals surface area contributed by atoms with Gasteiger partial charge in [0.2, 0.25) is 11.8 Å². The average molecular weight is 533 g/mol. The molecule has 3 aromatic rings. The number of amides is 2. The fourth-order valence-electron chi connectivity index (χ4n) is 3.35. The number of hydrogen-bond acceptors (Lipinski definition) is 8. The van der Waals surface area contributed by atoms with Crippen molar-refractivity contribution < 1.29 is 19.2 Å². The van der Waals surface area contributed by atoms with Crippen LogP contribution in [0.2, 0.25) is 5.02 Å². The topological polar surface area (TPSA) is 141 Å². The summed E-state index contributed by atoms with van der Waals surface area (Å²) in [4.78, 5) is 35.4. The van der Waals surface area contributed by atoms with Gasteiger partial charge >= 0.3 is 0 Å². The smallest absolute Gasteiger partial charge is 0.271 e. The molecule has 3 rings (SSSR count). The number of aromatic nitrogens is 3. The molecule has 13 heteroatoms. The molecule has 11 nitrogen and oxygen atoms in total. The van der Waals surface area contributed by atoms with E-state index in [0.717, 1.165) is 23.1 Å². The van der Waals surface area contributed by atoms with Crippen LogP contribution in [0.15, 0.2) is 47.6 Å². The Morgan fingerprint density at radius 3 is 2.56 bits per heavy atom. The minimum Gasteiger partial charge on any atom is -0.497 e. The number of ether oxygens (including phenoxy) is 1. The number of thioether (sulfide) groups is 1. The van der Waals surface area contributed by atoms with Gasteiger partial charge in [0.25, 0.3) is 5.69 Å². The number of non-ortho nitro benzene ring substituents is 1. The van der Waals surface area contributed by atoms with Crippen LogP contribution in [0, 0.1) is 10.1 Å². The molecule has 0 unspecified atom stereocenters. The normalized spacial score (nSPS) is 11.6. The molecule has 0 radical (unpaired) electrons. The zero-order valence-electron chi connectivity index (χ0n) is 19.9. The lowest BCUT2D eigenvalue weighted by atomic mass is 10.1. The Morgan fingerprint density at radius 2 is 1.92 bits per heavy atom. The summed E-state index contributed by atoms with van der Waals surface area (Å²) in [6, 6.07) is 10.7. The first-order valence-corrected chi connectivity index (χ1v) is 12.3. The third-order valence-electron chi connectivity index (χ3n) is 5.12. The second-order valence-corrected chi connectivity index (χ2v) is 9.01. The first-order chi connectivity index (χ1) is 17.2. The fourth-order valence-corrected chi connectivity index (χ4v) is 4.32. The Bertz CT molecular complexity index is 1250. The molecule has 0 fully saturated rings. The van der Waals surface area contributed by atoms with Crippen molar-refractivity contribution in [3.05, 3.63) is 69.0 Å². The lowest BCUT2D eigenvalue weighted by Crippen LogP contribution is -2.30. The minimum atomic E-state index is -0.567. The highest BCUT2D eigenvalue weighted by Crippen LogP contribution is 2.27. The maximum Gasteiger partial charge on any atom is 0.271 e. The van der Waals surface area contributed by atoms with Crippen LogP contribution in [0.25, 0.3) is 0 Å². The number of nitrogens with zero attached hydrogens (tertiary/aromatic N) is 4. The zero-order valence-corrected chi connectivity index (χ0v) is 21.4. The van der Waals surface area contributed by atoms with Crippen molar-refractivity contribution in [1.82, 2.24) is 20.1 Å². The van der Waals surface area contributed by atoms with Gasteiger partial charge in [-0.2, -0.15) is 0 Å². The third kappa shape index (κ3) is 6.95. The van der Waals surface area contributed by atoms with Gasteiger partial charge in [-0.1, -0.05) is 35.5 Å². The second-order valence-electron chi connectivity index (χ2n) is 7.66. The number of nitrogens with one attached hydrogen (secondary N) is 2. The molecule has 1 atom stereocenters. The summed E-state index contributed by atoms with van der Waals surface area (Å²) in [5, 5.41) is 25.5. The first-order valence-electron chi connectivity index (χ1n) is 10.9. The van der Waals surface area contributed by atoms with Crippen molar-refractivity contribution in [3.8, 4) is 5.75 Å². The molecule has 0 aliphatic rings. The largest absolute Gasteiger partial charge is 0.497 e. The van der Waals surface area contributed by atoms with Gasteiger partial charge in [0.15, 0.2) is 11.0 Å². The molecular formula is C23H25ClN6O5S. The van der Waals surface area contributed by atoms with E-state index < -0.39 is 16.9 Å². The van der Waals surface area contributed by atoms with E-state index in [2.05, 4.69) is 20.8 Å². The van der Waals surface area contributed by atoms with Crippen LogP contribution in [0.5, 0.6) is 5.75 Å². The van der Waals surface area contributed by atoms with E-state index in [9.17, 15) is 19.7 Å². The number of rotatable bonds is 11. The van der Waals surface area contributed by atoms with Gasteiger partial charge in [-0.05, 0) is 37.6 Å². The predicted octanol–water partition coefficient (Wildman–Crippen LogP) is 4.02. The Balaban J connectivity index is 1.59. The van der Waals surface area contributed by atoms with E-state index in [1.54, 1.807) is 19.2 Å². The quantitative estimate of drug-likeness (QED) is 0.214. The first kappa shape index (κ1) is 27.0. The minimum absolute atomic E-state index is 0.0185. The molecule has 2 aromatic carbocycles. The number of nitro benzene ring substituents is 1. The summed E-state index contributed by atoms with van der Waals surface area (Å²) in [6.45, 7) is 4.25. The Morgan fingerprint density at radius 1 is 1.19 bits per heavy atom. The van der Waals surface area contributed by atoms with Crippen LogP contribution in [-0.2, 0) is 22.6 Å². The second kappa shape index (κ2) is 12.4. The molecule has 0 aliphatic heterocycles. The van der Waals surface area contributed by atoms with Crippen LogP contribution in [0.3, 0.4) is 0 Å². The van der Waals surface area contributed by atoms with Crippen molar-refractivity contribution in [2.75, 3.05) is 18.2 Å². The lowest BCUT2D eigenvalue weighted by Gasteiger charge is -2.15. The summed E-state index contributed by atoms with van der Waals surface area (Å²) in [7, 11) is 1.58. The SMILES string of the molecule is CCn1c(SCC(=O)Nc2cc([N+](=O)[O-])ccc2Cl)nnc1[C@H](C)NC(=O)Cc1ccc(OC)cc1. The molecule has 36 heavy (non-hydrogen) atoms. The molecule has 2 amide bonds. The Labute approximate surface area is 216 Å². The van der Waals surface area contributed by atoms with E-state index in [0.29, 0.717) is 17.5 Å². The molecule has 0 saturated heterocycles. The maximum absolute atomic E-state index is 12.5. The van der Waals surface area contributed by atoms with Gasteiger partial charge in [-0.3, -0.25) is 19.7 Å². The molecule has 0 aliphatic carbocycles. The van der Waals surface area contributed by atoms with E-state index in [1.165, 1.54) is 18.2 Å². The lowest BCUT2D eigenvalue weighted by molar-refractivity contribution is -0.384. The Hall–Kier alpha value is -3.64. The van der Waals surface area contributed by atoms with Gasteiger partial charge in [-0.15, -0.1) is 10.2 Å². The van der Waals surface area contributed by atoms with Crippen molar-refractivity contribution in [1.29, 1.82) is 0 Å². The average Bonchev–Trinajstić information content (AvgIpc) is 3.27. The molecule has 1 aromatic heterocycles. The summed E-state index contributed by atoms with van der Waals surface area (Å²) in [6.07, 6.45) is 0.205.